The predicted molar refractivity (Wildman–Crippen MR) is 80.6 cm³/mol. The molecule has 2 unspecified atom stereocenters. The van der Waals surface area contributed by atoms with Gasteiger partial charge in [-0.2, -0.15) is 0 Å². The molecule has 7 nitrogen and oxygen atoms in total. The third-order valence-corrected chi connectivity index (χ3v) is 4.30. The van der Waals surface area contributed by atoms with E-state index in [1.807, 2.05) is 18.2 Å². The van der Waals surface area contributed by atoms with Crippen molar-refractivity contribution in [2.45, 2.75) is 45.1 Å². The average Bonchev–Trinajstić information content (AvgIpc) is 2.82. The van der Waals surface area contributed by atoms with Crippen LogP contribution < -0.4 is 10.6 Å². The van der Waals surface area contributed by atoms with E-state index in [1.54, 1.807) is 4.90 Å². The third-order valence-electron chi connectivity index (χ3n) is 4.30. The maximum absolute atomic E-state index is 12.0. The number of fused-ring (bicyclic) bond motifs is 1. The second kappa shape index (κ2) is 6.10. The summed E-state index contributed by atoms with van der Waals surface area (Å²) in [5.74, 6) is -0.725. The lowest BCUT2D eigenvalue weighted by molar-refractivity contribution is -0.141. The molecule has 7 heteroatoms. The van der Waals surface area contributed by atoms with Crippen LogP contribution in [0.25, 0.3) is 0 Å². The molecule has 2 aliphatic heterocycles. The summed E-state index contributed by atoms with van der Waals surface area (Å²) in [7, 11) is 0. The van der Waals surface area contributed by atoms with Gasteiger partial charge in [0.2, 0.25) is 17.7 Å². The molecule has 1 saturated heterocycles. The number of hydrogen-bond acceptors (Lipinski definition) is 5. The standard InChI is InChI=1S/C16H19N3O4/c1-9(20)17-7-10-2-3-12-11(6-10)8-19(16(12)23)13-4-5-14(21)18-15(13)22/h2-3,6,13,16,23H,4-5,7-8H2,1H3,(H,17,20)(H,18,21,22). The van der Waals surface area contributed by atoms with Gasteiger partial charge in [-0.1, -0.05) is 18.2 Å². The average molecular weight is 317 g/mol. The van der Waals surface area contributed by atoms with Gasteiger partial charge in [-0.15, -0.1) is 0 Å². The van der Waals surface area contributed by atoms with E-state index in [4.69, 9.17) is 0 Å². The minimum atomic E-state index is -0.858. The summed E-state index contributed by atoms with van der Waals surface area (Å²) >= 11 is 0. The minimum absolute atomic E-state index is 0.101. The van der Waals surface area contributed by atoms with Crippen LogP contribution in [0.1, 0.15) is 42.7 Å². The van der Waals surface area contributed by atoms with Crippen molar-refractivity contribution in [2.24, 2.45) is 0 Å². The lowest BCUT2D eigenvalue weighted by Gasteiger charge is -2.31. The van der Waals surface area contributed by atoms with Crippen LogP contribution in [-0.4, -0.2) is 33.8 Å². The van der Waals surface area contributed by atoms with Gasteiger partial charge in [0.05, 0.1) is 6.04 Å². The Morgan fingerprint density at radius 2 is 2.22 bits per heavy atom. The van der Waals surface area contributed by atoms with E-state index in [1.165, 1.54) is 6.92 Å². The number of nitrogens with zero attached hydrogens (tertiary/aromatic N) is 1. The molecule has 3 rings (SSSR count). The van der Waals surface area contributed by atoms with Gasteiger partial charge >= 0.3 is 0 Å². The fourth-order valence-electron chi connectivity index (χ4n) is 3.13. The number of hydrogen-bond donors (Lipinski definition) is 3. The summed E-state index contributed by atoms with van der Waals surface area (Å²) in [6, 6.07) is 5.10. The number of carbonyl (C=O) groups is 3. The molecule has 0 spiro atoms. The molecule has 2 aliphatic rings. The van der Waals surface area contributed by atoms with Crippen LogP contribution >= 0.6 is 0 Å². The number of aliphatic hydroxyl groups is 1. The number of rotatable bonds is 3. The molecule has 1 aromatic carbocycles. The summed E-state index contributed by atoms with van der Waals surface area (Å²) in [6.07, 6.45) is -0.165. The molecule has 0 aliphatic carbocycles. The lowest BCUT2D eigenvalue weighted by atomic mass is 10.0. The molecule has 1 fully saturated rings. The molecule has 0 radical (unpaired) electrons. The molecule has 2 heterocycles. The molecule has 23 heavy (non-hydrogen) atoms. The first-order valence-electron chi connectivity index (χ1n) is 7.59. The Kier molecular flexibility index (Phi) is 4.14. The number of piperidine rings is 1. The van der Waals surface area contributed by atoms with Crippen molar-refractivity contribution < 1.29 is 19.5 Å². The Morgan fingerprint density at radius 1 is 1.43 bits per heavy atom. The van der Waals surface area contributed by atoms with Crippen LogP contribution in [-0.2, 0) is 27.5 Å². The fraction of sp³-hybridized carbons (Fsp3) is 0.438. The smallest absolute Gasteiger partial charge is 0.244 e. The summed E-state index contributed by atoms with van der Waals surface area (Å²) in [6.45, 7) is 2.33. The topological polar surface area (TPSA) is 98.7 Å². The van der Waals surface area contributed by atoms with Gasteiger partial charge in [0.25, 0.3) is 0 Å². The maximum Gasteiger partial charge on any atom is 0.244 e. The van der Waals surface area contributed by atoms with Crippen LogP contribution in [0, 0.1) is 0 Å². The van der Waals surface area contributed by atoms with Gasteiger partial charge in [0.15, 0.2) is 0 Å². The Hall–Kier alpha value is -2.25. The SMILES string of the molecule is CC(=O)NCc1ccc2c(c1)CN(C1CCC(=O)NC1=O)C2O. The molecule has 122 valence electrons. The van der Waals surface area contributed by atoms with Crippen LogP contribution in [0.2, 0.25) is 0 Å². The van der Waals surface area contributed by atoms with Crippen LogP contribution in [0.4, 0.5) is 0 Å². The summed E-state index contributed by atoms with van der Waals surface area (Å²) in [5, 5.41) is 15.5. The predicted octanol–water partition coefficient (Wildman–Crippen LogP) is -0.0656. The van der Waals surface area contributed by atoms with Crippen LogP contribution in [0.15, 0.2) is 18.2 Å². The van der Waals surface area contributed by atoms with E-state index in [-0.39, 0.29) is 24.1 Å². The number of aliphatic hydroxyl groups excluding tert-OH is 1. The second-order valence-electron chi connectivity index (χ2n) is 5.96. The highest BCUT2D eigenvalue weighted by molar-refractivity contribution is 6.00. The molecular weight excluding hydrogens is 298 g/mol. The number of amides is 3. The van der Waals surface area contributed by atoms with Crippen molar-refractivity contribution in [3.8, 4) is 0 Å². The van der Waals surface area contributed by atoms with Crippen molar-refractivity contribution in [2.75, 3.05) is 0 Å². The Morgan fingerprint density at radius 3 is 2.91 bits per heavy atom. The number of benzene rings is 1. The summed E-state index contributed by atoms with van der Waals surface area (Å²) < 4.78 is 0. The van der Waals surface area contributed by atoms with Crippen molar-refractivity contribution in [3.05, 3.63) is 34.9 Å². The van der Waals surface area contributed by atoms with Gasteiger partial charge in [-0.3, -0.25) is 24.6 Å². The van der Waals surface area contributed by atoms with E-state index < -0.39 is 12.3 Å². The Bertz CT molecular complexity index is 673. The van der Waals surface area contributed by atoms with E-state index in [2.05, 4.69) is 10.6 Å². The van der Waals surface area contributed by atoms with Gasteiger partial charge in [-0.25, -0.2) is 0 Å². The highest BCUT2D eigenvalue weighted by atomic mass is 16.3. The normalized spacial score (nSPS) is 24.3. The third kappa shape index (κ3) is 3.11. The van der Waals surface area contributed by atoms with Gasteiger partial charge < -0.3 is 10.4 Å². The van der Waals surface area contributed by atoms with Crippen LogP contribution in [0.3, 0.4) is 0 Å². The zero-order valence-corrected chi connectivity index (χ0v) is 12.8. The van der Waals surface area contributed by atoms with E-state index in [9.17, 15) is 19.5 Å². The highest BCUT2D eigenvalue weighted by Gasteiger charge is 2.39. The van der Waals surface area contributed by atoms with Gasteiger partial charge in [0, 0.05) is 26.4 Å². The van der Waals surface area contributed by atoms with E-state index in [0.29, 0.717) is 19.5 Å². The first-order valence-corrected chi connectivity index (χ1v) is 7.59. The highest BCUT2D eigenvalue weighted by Crippen LogP contribution is 2.35. The quantitative estimate of drug-likeness (QED) is 0.678. The van der Waals surface area contributed by atoms with E-state index >= 15 is 0 Å². The Labute approximate surface area is 133 Å². The number of imide groups is 1. The summed E-state index contributed by atoms with van der Waals surface area (Å²) in [5.41, 5.74) is 2.64. The molecule has 0 bridgehead atoms. The molecule has 1 aromatic rings. The molecular formula is C16H19N3O4. The molecule has 0 saturated carbocycles. The van der Waals surface area contributed by atoms with Gasteiger partial charge in [-0.05, 0) is 23.1 Å². The first-order chi connectivity index (χ1) is 11.0. The lowest BCUT2D eigenvalue weighted by Crippen LogP contribution is -2.51. The first kappa shape index (κ1) is 15.6. The van der Waals surface area contributed by atoms with Crippen molar-refractivity contribution >= 4 is 17.7 Å². The van der Waals surface area contributed by atoms with Crippen molar-refractivity contribution in [1.82, 2.24) is 15.5 Å². The Balaban J connectivity index is 1.76. The largest absolute Gasteiger partial charge is 0.374 e. The number of carbonyl (C=O) groups excluding carboxylic acids is 3. The fourth-order valence-corrected chi connectivity index (χ4v) is 3.13. The molecule has 3 amide bonds. The molecule has 2 atom stereocenters. The minimum Gasteiger partial charge on any atom is -0.374 e. The molecule has 3 N–H and O–H groups in total. The maximum atomic E-state index is 12.0. The zero-order chi connectivity index (χ0) is 16.6. The van der Waals surface area contributed by atoms with E-state index in [0.717, 1.165) is 16.7 Å². The number of nitrogens with one attached hydrogen (secondary N) is 2. The van der Waals surface area contributed by atoms with Crippen LogP contribution in [0.5, 0.6) is 0 Å². The zero-order valence-electron chi connectivity index (χ0n) is 12.8. The monoisotopic (exact) mass is 317 g/mol. The molecule has 0 aromatic heterocycles. The van der Waals surface area contributed by atoms with Crippen molar-refractivity contribution in [3.63, 3.8) is 0 Å². The summed E-state index contributed by atoms with van der Waals surface area (Å²) in [4.78, 5) is 36.0. The van der Waals surface area contributed by atoms with Crippen molar-refractivity contribution in [1.29, 1.82) is 0 Å². The van der Waals surface area contributed by atoms with Gasteiger partial charge in [0.1, 0.15) is 6.23 Å². The second-order valence-corrected chi connectivity index (χ2v) is 5.96.